The van der Waals surface area contributed by atoms with Crippen molar-refractivity contribution >= 4 is 22.5 Å². The van der Waals surface area contributed by atoms with Gasteiger partial charge in [0.1, 0.15) is 5.15 Å². The fourth-order valence-electron chi connectivity index (χ4n) is 1.34. The molecule has 0 spiro atoms. The molecule has 0 aliphatic rings. The number of fused-ring (bicyclic) bond motifs is 1. The summed E-state index contributed by atoms with van der Waals surface area (Å²) >= 11 is 5.87. The van der Waals surface area contributed by atoms with Crippen LogP contribution in [0, 0.1) is 0 Å². The third-order valence-electron chi connectivity index (χ3n) is 1.95. The molecule has 4 heteroatoms. The average Bonchev–Trinajstić information content (AvgIpc) is 2.48. The highest BCUT2D eigenvalue weighted by Crippen LogP contribution is 2.20. The molecule has 1 aromatic heterocycles. The van der Waals surface area contributed by atoms with Gasteiger partial charge in [0, 0.05) is 11.9 Å². The molecule has 0 radical (unpaired) electrons. The van der Waals surface area contributed by atoms with E-state index < -0.39 is 0 Å². The van der Waals surface area contributed by atoms with E-state index in [1.165, 1.54) is 5.56 Å². The van der Waals surface area contributed by atoms with Gasteiger partial charge in [0.15, 0.2) is 0 Å². The molecule has 0 amide bonds. The van der Waals surface area contributed by atoms with Crippen molar-refractivity contribution in [2.24, 2.45) is 0 Å². The van der Waals surface area contributed by atoms with Crippen molar-refractivity contribution in [2.75, 3.05) is 7.05 Å². The first-order valence-electron chi connectivity index (χ1n) is 4.08. The van der Waals surface area contributed by atoms with Crippen LogP contribution in [0.25, 0.3) is 10.9 Å². The maximum Gasteiger partial charge on any atom is 0.132 e. The van der Waals surface area contributed by atoms with Crippen molar-refractivity contribution in [3.05, 3.63) is 28.9 Å². The number of H-pyrrole nitrogens is 1. The SMILES string of the molecule is CNCc1ccc2c(Cl)[nH]nc2c1. The highest BCUT2D eigenvalue weighted by Gasteiger charge is 2.02. The number of halogens is 1. The van der Waals surface area contributed by atoms with Crippen LogP contribution in [0.5, 0.6) is 0 Å². The summed E-state index contributed by atoms with van der Waals surface area (Å²) in [7, 11) is 1.92. The first kappa shape index (κ1) is 8.53. The highest BCUT2D eigenvalue weighted by atomic mass is 35.5. The lowest BCUT2D eigenvalue weighted by Gasteiger charge is -1.98. The van der Waals surface area contributed by atoms with Gasteiger partial charge in [-0.15, -0.1) is 0 Å². The van der Waals surface area contributed by atoms with Gasteiger partial charge in [-0.05, 0) is 24.7 Å². The summed E-state index contributed by atoms with van der Waals surface area (Å²) in [6.07, 6.45) is 0. The number of hydrogen-bond donors (Lipinski definition) is 2. The zero-order valence-electron chi connectivity index (χ0n) is 7.26. The van der Waals surface area contributed by atoms with Crippen molar-refractivity contribution in [1.82, 2.24) is 15.5 Å². The van der Waals surface area contributed by atoms with E-state index in [0.717, 1.165) is 17.4 Å². The molecule has 0 unspecified atom stereocenters. The van der Waals surface area contributed by atoms with Gasteiger partial charge in [-0.2, -0.15) is 5.10 Å². The molecule has 0 saturated carbocycles. The van der Waals surface area contributed by atoms with Crippen LogP contribution in [-0.4, -0.2) is 17.2 Å². The minimum absolute atomic E-state index is 0.603. The number of rotatable bonds is 2. The van der Waals surface area contributed by atoms with Crippen LogP contribution >= 0.6 is 11.6 Å². The smallest absolute Gasteiger partial charge is 0.132 e. The Morgan fingerprint density at radius 2 is 2.38 bits per heavy atom. The maximum atomic E-state index is 5.87. The summed E-state index contributed by atoms with van der Waals surface area (Å²) < 4.78 is 0. The van der Waals surface area contributed by atoms with Crippen molar-refractivity contribution in [2.45, 2.75) is 6.54 Å². The van der Waals surface area contributed by atoms with Gasteiger partial charge >= 0.3 is 0 Å². The van der Waals surface area contributed by atoms with Gasteiger partial charge in [-0.1, -0.05) is 17.7 Å². The lowest BCUT2D eigenvalue weighted by Crippen LogP contribution is -2.04. The standard InChI is InChI=1S/C9H10ClN3/c1-11-5-6-2-3-7-8(4-6)12-13-9(7)10/h2-4,11H,5H2,1H3,(H,12,13). The normalized spacial score (nSPS) is 10.9. The van der Waals surface area contributed by atoms with E-state index in [4.69, 9.17) is 11.6 Å². The summed E-state index contributed by atoms with van der Waals surface area (Å²) in [6.45, 7) is 0.848. The number of nitrogens with one attached hydrogen (secondary N) is 2. The first-order valence-corrected chi connectivity index (χ1v) is 4.46. The van der Waals surface area contributed by atoms with Gasteiger partial charge in [0.25, 0.3) is 0 Å². The Labute approximate surface area is 81.1 Å². The lowest BCUT2D eigenvalue weighted by atomic mass is 10.2. The van der Waals surface area contributed by atoms with E-state index in [0.29, 0.717) is 5.15 Å². The maximum absolute atomic E-state index is 5.87. The Morgan fingerprint density at radius 1 is 1.54 bits per heavy atom. The van der Waals surface area contributed by atoms with E-state index >= 15 is 0 Å². The van der Waals surface area contributed by atoms with Gasteiger partial charge in [0.2, 0.25) is 0 Å². The molecule has 0 aliphatic carbocycles. The van der Waals surface area contributed by atoms with Crippen molar-refractivity contribution in [3.63, 3.8) is 0 Å². The van der Waals surface area contributed by atoms with E-state index in [1.54, 1.807) is 0 Å². The molecule has 0 bridgehead atoms. The molecule has 0 aliphatic heterocycles. The van der Waals surface area contributed by atoms with E-state index in [9.17, 15) is 0 Å². The molecule has 0 fully saturated rings. The molecule has 3 nitrogen and oxygen atoms in total. The Balaban J connectivity index is 2.50. The summed E-state index contributed by atoms with van der Waals surface area (Å²) in [5.41, 5.74) is 2.12. The Morgan fingerprint density at radius 3 is 3.15 bits per heavy atom. The summed E-state index contributed by atoms with van der Waals surface area (Å²) in [5, 5.41) is 11.5. The second kappa shape index (κ2) is 3.36. The van der Waals surface area contributed by atoms with Crippen LogP contribution < -0.4 is 5.32 Å². The number of aromatic nitrogens is 2. The predicted molar refractivity (Wildman–Crippen MR) is 53.9 cm³/mol. The quantitative estimate of drug-likeness (QED) is 0.769. The largest absolute Gasteiger partial charge is 0.316 e. The van der Waals surface area contributed by atoms with Gasteiger partial charge in [0.05, 0.1) is 5.52 Å². The second-order valence-corrected chi connectivity index (χ2v) is 3.30. The molecular weight excluding hydrogens is 186 g/mol. The third-order valence-corrected chi connectivity index (χ3v) is 2.24. The van der Waals surface area contributed by atoms with Crippen LogP contribution in [0.1, 0.15) is 5.56 Å². The van der Waals surface area contributed by atoms with Crippen LogP contribution in [0.3, 0.4) is 0 Å². The Bertz CT molecular complexity index is 422. The molecule has 2 aromatic rings. The van der Waals surface area contributed by atoms with Crippen molar-refractivity contribution in [3.8, 4) is 0 Å². The molecule has 0 saturated heterocycles. The van der Waals surface area contributed by atoms with E-state index in [-0.39, 0.29) is 0 Å². The third kappa shape index (κ3) is 1.53. The Kier molecular flexibility index (Phi) is 2.20. The minimum Gasteiger partial charge on any atom is -0.316 e. The predicted octanol–water partition coefficient (Wildman–Crippen LogP) is 1.94. The molecular formula is C9H10ClN3. The van der Waals surface area contributed by atoms with Crippen LogP contribution in [0.2, 0.25) is 5.15 Å². The first-order chi connectivity index (χ1) is 6.31. The van der Waals surface area contributed by atoms with Crippen molar-refractivity contribution in [1.29, 1.82) is 0 Å². The number of benzene rings is 1. The van der Waals surface area contributed by atoms with Gasteiger partial charge < -0.3 is 5.32 Å². The molecule has 0 atom stereocenters. The highest BCUT2D eigenvalue weighted by molar-refractivity contribution is 6.34. The van der Waals surface area contributed by atoms with Crippen LogP contribution in [0.4, 0.5) is 0 Å². The average molecular weight is 196 g/mol. The lowest BCUT2D eigenvalue weighted by molar-refractivity contribution is 0.819. The monoisotopic (exact) mass is 195 g/mol. The molecule has 1 aromatic carbocycles. The summed E-state index contributed by atoms with van der Waals surface area (Å²) in [4.78, 5) is 0. The summed E-state index contributed by atoms with van der Waals surface area (Å²) in [6, 6.07) is 6.04. The number of hydrogen-bond acceptors (Lipinski definition) is 2. The van der Waals surface area contributed by atoms with E-state index in [1.807, 2.05) is 25.2 Å². The van der Waals surface area contributed by atoms with Crippen LogP contribution in [-0.2, 0) is 6.54 Å². The molecule has 2 rings (SSSR count). The second-order valence-electron chi connectivity index (χ2n) is 2.92. The van der Waals surface area contributed by atoms with E-state index in [2.05, 4.69) is 15.5 Å². The van der Waals surface area contributed by atoms with Gasteiger partial charge in [-0.25, -0.2) is 0 Å². The molecule has 68 valence electrons. The zero-order valence-corrected chi connectivity index (χ0v) is 8.02. The molecule has 2 N–H and O–H groups in total. The fraction of sp³-hybridized carbons (Fsp3) is 0.222. The zero-order chi connectivity index (χ0) is 9.26. The van der Waals surface area contributed by atoms with Crippen LogP contribution in [0.15, 0.2) is 18.2 Å². The fourth-order valence-corrected chi connectivity index (χ4v) is 1.54. The Hall–Kier alpha value is -1.06. The molecule has 1 heterocycles. The van der Waals surface area contributed by atoms with Crippen molar-refractivity contribution < 1.29 is 0 Å². The van der Waals surface area contributed by atoms with Gasteiger partial charge in [-0.3, -0.25) is 5.10 Å². The minimum atomic E-state index is 0.603. The number of aromatic amines is 1. The summed E-state index contributed by atoms with van der Waals surface area (Å²) in [5.74, 6) is 0. The molecule has 13 heavy (non-hydrogen) atoms. The topological polar surface area (TPSA) is 40.7 Å². The number of nitrogens with zero attached hydrogens (tertiary/aromatic N) is 1.